The van der Waals surface area contributed by atoms with Crippen LogP contribution < -0.4 is 20.6 Å². The lowest BCUT2D eigenvalue weighted by Gasteiger charge is -2.34. The van der Waals surface area contributed by atoms with Crippen molar-refractivity contribution in [3.8, 4) is 5.75 Å². The number of carbonyl (C=O) groups is 1. The first-order chi connectivity index (χ1) is 15.6. The number of thioether (sulfide) groups is 1. The Morgan fingerprint density at radius 3 is 2.59 bits per heavy atom. The smallest absolute Gasteiger partial charge is 0.276 e. The molecule has 3 aromatic rings. The largest absolute Gasteiger partial charge is 0.497 e. The molecule has 6 nitrogen and oxygen atoms in total. The van der Waals surface area contributed by atoms with E-state index in [9.17, 15) is 4.79 Å². The number of methoxy groups -OCH3 is 1. The molecule has 0 spiro atoms. The molecule has 1 N–H and O–H groups in total. The number of nitrogens with zero attached hydrogens (tertiary/aromatic N) is 3. The minimum Gasteiger partial charge on any atom is -0.497 e. The maximum Gasteiger partial charge on any atom is 0.276 e. The van der Waals surface area contributed by atoms with Gasteiger partial charge in [0.05, 0.1) is 12.5 Å². The second kappa shape index (κ2) is 8.68. The maximum atomic E-state index is 13.2. The highest BCUT2D eigenvalue weighted by Gasteiger charge is 2.34. The number of amidine groups is 1. The van der Waals surface area contributed by atoms with Crippen LogP contribution in [0.4, 0.5) is 0 Å². The van der Waals surface area contributed by atoms with E-state index in [4.69, 9.17) is 26.4 Å². The van der Waals surface area contributed by atoms with Gasteiger partial charge < -0.3 is 4.74 Å². The fourth-order valence-corrected chi connectivity index (χ4v) is 4.78. The van der Waals surface area contributed by atoms with Gasteiger partial charge in [-0.2, -0.15) is 0 Å². The van der Waals surface area contributed by atoms with Gasteiger partial charge in [-0.15, -0.1) is 5.10 Å². The zero-order valence-electron chi connectivity index (χ0n) is 17.2. The predicted octanol–water partition coefficient (Wildman–Crippen LogP) is 3.43. The van der Waals surface area contributed by atoms with E-state index >= 15 is 0 Å². The first-order valence-corrected chi connectivity index (χ1v) is 11.4. The van der Waals surface area contributed by atoms with Crippen molar-refractivity contribution in [2.45, 2.75) is 11.9 Å². The monoisotopic (exact) mass is 462 g/mol. The van der Waals surface area contributed by atoms with Crippen molar-refractivity contribution in [3.05, 3.63) is 99.5 Å². The Labute approximate surface area is 194 Å². The molecule has 0 saturated carbocycles. The number of hydrogen-bond donors (Lipinski definition) is 1. The minimum atomic E-state index is -0.465. The van der Waals surface area contributed by atoms with Gasteiger partial charge in [0.1, 0.15) is 11.4 Å². The Morgan fingerprint density at radius 2 is 1.81 bits per heavy atom. The zero-order valence-corrected chi connectivity index (χ0v) is 18.7. The molecule has 1 amide bonds. The summed E-state index contributed by atoms with van der Waals surface area (Å²) in [5.41, 5.74) is 2.37. The molecule has 2 heterocycles. The third-order valence-electron chi connectivity index (χ3n) is 5.25. The molecule has 8 heteroatoms. The molecule has 0 bridgehead atoms. The third kappa shape index (κ3) is 3.85. The molecule has 0 aromatic heterocycles. The highest BCUT2D eigenvalue weighted by atomic mass is 35.5. The van der Waals surface area contributed by atoms with E-state index in [0.717, 1.165) is 27.5 Å². The van der Waals surface area contributed by atoms with E-state index in [-0.39, 0.29) is 5.91 Å². The maximum absolute atomic E-state index is 13.2. The highest BCUT2D eigenvalue weighted by Crippen LogP contribution is 2.32. The Kier molecular flexibility index (Phi) is 5.59. The number of para-hydroxylation sites is 1. The van der Waals surface area contributed by atoms with E-state index in [0.29, 0.717) is 21.6 Å². The van der Waals surface area contributed by atoms with Crippen LogP contribution in [0.3, 0.4) is 0 Å². The number of hydrogen-bond acceptors (Lipinski definition) is 6. The lowest BCUT2D eigenvalue weighted by atomic mass is 10.1. The second-order valence-electron chi connectivity index (χ2n) is 7.23. The average Bonchev–Trinajstić information content (AvgIpc) is 2.83. The van der Waals surface area contributed by atoms with Crippen LogP contribution in [0.15, 0.2) is 82.9 Å². The van der Waals surface area contributed by atoms with Gasteiger partial charge in [-0.05, 0) is 35.4 Å². The van der Waals surface area contributed by atoms with Gasteiger partial charge in [-0.1, -0.05) is 71.9 Å². The molecule has 0 radical (unpaired) electrons. The number of carbonyl (C=O) groups excluding carboxylic acids is 1. The molecule has 0 unspecified atom stereocenters. The second-order valence-corrected chi connectivity index (χ2v) is 8.60. The Bertz CT molecular complexity index is 1340. The fourth-order valence-electron chi connectivity index (χ4n) is 3.65. The number of hydrazone groups is 1. The summed E-state index contributed by atoms with van der Waals surface area (Å²) >= 11 is 7.71. The Morgan fingerprint density at radius 1 is 1.06 bits per heavy atom. The van der Waals surface area contributed by atoms with Crippen molar-refractivity contribution in [1.29, 1.82) is 0 Å². The predicted molar refractivity (Wildman–Crippen MR) is 127 cm³/mol. The van der Waals surface area contributed by atoms with Crippen LogP contribution in [-0.2, 0) is 10.5 Å². The molecule has 0 saturated heterocycles. The minimum absolute atomic E-state index is 0.206. The first kappa shape index (κ1) is 20.6. The number of fused-ring (bicyclic) bond motifs is 2. The first-order valence-electron chi connectivity index (χ1n) is 10.0. The quantitative estimate of drug-likeness (QED) is 0.645. The van der Waals surface area contributed by atoms with Gasteiger partial charge >= 0.3 is 0 Å². The molecule has 5 rings (SSSR count). The molecule has 0 aliphatic carbocycles. The van der Waals surface area contributed by atoms with Crippen molar-refractivity contribution >= 4 is 40.1 Å². The molecule has 2 aliphatic rings. The molecule has 0 fully saturated rings. The highest BCUT2D eigenvalue weighted by molar-refractivity contribution is 8.13. The van der Waals surface area contributed by atoms with Crippen LogP contribution in [0.5, 0.6) is 5.75 Å². The fraction of sp³-hybridized carbons (Fsp3) is 0.125. The summed E-state index contributed by atoms with van der Waals surface area (Å²) in [5, 5.41) is 12.1. The van der Waals surface area contributed by atoms with Gasteiger partial charge in [0.15, 0.2) is 11.3 Å². The normalized spacial score (nSPS) is 17.0. The standard InChI is InChI=1S/C24H19ClN4O2S/c1-31-17-12-10-15(11-13-17)22-26-20-9-5-3-7-18(20)21-23(30)27-24(28-29(21)22)32-14-16-6-2-4-8-19(16)25/h2-13,22H,14H2,1H3,(H,27,28,30)/t22-/m0/s1. The molecule has 32 heavy (non-hydrogen) atoms. The van der Waals surface area contributed by atoms with Crippen LogP contribution in [-0.4, -0.2) is 23.2 Å². The van der Waals surface area contributed by atoms with Gasteiger partial charge in [-0.3, -0.25) is 15.1 Å². The van der Waals surface area contributed by atoms with Crippen molar-refractivity contribution in [2.75, 3.05) is 7.11 Å². The van der Waals surface area contributed by atoms with Crippen molar-refractivity contribution in [1.82, 2.24) is 10.3 Å². The molecule has 3 aromatic carbocycles. The number of halogens is 1. The van der Waals surface area contributed by atoms with Crippen molar-refractivity contribution < 1.29 is 9.53 Å². The Hall–Kier alpha value is -3.29. The van der Waals surface area contributed by atoms with Crippen LogP contribution in [0.1, 0.15) is 17.3 Å². The SMILES string of the molecule is COc1ccc([C@H]2N=c3ccccc3=C3C(=O)NC(SCc4ccccc4Cl)=NN32)cc1. The summed E-state index contributed by atoms with van der Waals surface area (Å²) in [6, 6.07) is 22.9. The molecular weight excluding hydrogens is 444 g/mol. The van der Waals surface area contributed by atoms with Crippen molar-refractivity contribution in [3.63, 3.8) is 0 Å². The van der Waals surface area contributed by atoms with Crippen LogP contribution in [0.2, 0.25) is 5.02 Å². The van der Waals surface area contributed by atoms with E-state index in [1.54, 1.807) is 12.1 Å². The number of ether oxygens (including phenoxy) is 1. The molecule has 160 valence electrons. The summed E-state index contributed by atoms with van der Waals surface area (Å²) in [5.74, 6) is 1.13. The summed E-state index contributed by atoms with van der Waals surface area (Å²) in [6.07, 6.45) is -0.465. The third-order valence-corrected chi connectivity index (χ3v) is 6.53. The number of rotatable bonds is 4. The number of amides is 1. The van der Waals surface area contributed by atoms with Gasteiger partial charge in [0.2, 0.25) is 0 Å². The van der Waals surface area contributed by atoms with E-state index < -0.39 is 6.17 Å². The molecule has 1 atom stereocenters. The molecule has 2 aliphatic heterocycles. The Balaban J connectivity index is 1.55. The lowest BCUT2D eigenvalue weighted by molar-refractivity contribution is -0.116. The van der Waals surface area contributed by atoms with Gasteiger partial charge in [-0.25, -0.2) is 5.01 Å². The average molecular weight is 463 g/mol. The number of nitrogens with one attached hydrogen (secondary N) is 1. The van der Waals surface area contributed by atoms with E-state index in [2.05, 4.69) is 5.32 Å². The van der Waals surface area contributed by atoms with Gasteiger partial charge in [0, 0.05) is 16.0 Å². The summed E-state index contributed by atoms with van der Waals surface area (Å²) < 4.78 is 5.28. The topological polar surface area (TPSA) is 66.3 Å². The van der Waals surface area contributed by atoms with Crippen LogP contribution >= 0.6 is 23.4 Å². The number of benzene rings is 3. The molecular formula is C24H19ClN4O2S. The zero-order chi connectivity index (χ0) is 22.1. The van der Waals surface area contributed by atoms with Gasteiger partial charge in [0.25, 0.3) is 5.91 Å². The van der Waals surface area contributed by atoms with Crippen LogP contribution in [0.25, 0.3) is 5.70 Å². The van der Waals surface area contributed by atoms with E-state index in [1.165, 1.54) is 11.8 Å². The summed E-state index contributed by atoms with van der Waals surface area (Å²) in [7, 11) is 1.63. The lowest BCUT2D eigenvalue weighted by Crippen LogP contribution is -2.50. The summed E-state index contributed by atoms with van der Waals surface area (Å²) in [4.78, 5) is 18.1. The van der Waals surface area contributed by atoms with Crippen LogP contribution in [0, 0.1) is 0 Å². The van der Waals surface area contributed by atoms with Crippen molar-refractivity contribution in [2.24, 2.45) is 10.1 Å². The van der Waals surface area contributed by atoms with E-state index in [1.807, 2.05) is 72.8 Å². The summed E-state index contributed by atoms with van der Waals surface area (Å²) in [6.45, 7) is 0.